The molecule has 0 fully saturated rings. The minimum atomic E-state index is 0.223. The van der Waals surface area contributed by atoms with Crippen molar-refractivity contribution in [3.05, 3.63) is 47.3 Å². The number of halogens is 1. The molecule has 3 aromatic heterocycles. The molecule has 6 heteroatoms. The van der Waals surface area contributed by atoms with E-state index in [2.05, 4.69) is 25.1 Å². The van der Waals surface area contributed by atoms with E-state index < -0.39 is 0 Å². The van der Waals surface area contributed by atoms with E-state index in [1.165, 1.54) is 0 Å². The minimum Gasteiger partial charge on any atom is -0.264 e. The summed E-state index contributed by atoms with van der Waals surface area (Å²) >= 11 is 5.86. The number of hydrogen-bond donors (Lipinski definition) is 1. The van der Waals surface area contributed by atoms with Gasteiger partial charge >= 0.3 is 0 Å². The van der Waals surface area contributed by atoms with Crippen LogP contribution in [0.5, 0.6) is 0 Å². The van der Waals surface area contributed by atoms with Crippen molar-refractivity contribution in [3.8, 4) is 0 Å². The molecule has 0 amide bonds. The lowest BCUT2D eigenvalue weighted by Gasteiger charge is -2.02. The lowest BCUT2D eigenvalue weighted by atomic mass is 10.1. The van der Waals surface area contributed by atoms with Crippen molar-refractivity contribution in [3.63, 3.8) is 0 Å². The Kier molecular flexibility index (Phi) is 2.45. The predicted octanol–water partition coefficient (Wildman–Crippen LogP) is 1.99. The number of nitrogens with zero attached hydrogens (tertiary/aromatic N) is 4. The molecule has 0 aliphatic carbocycles. The van der Waals surface area contributed by atoms with Gasteiger partial charge in [0, 0.05) is 18.8 Å². The summed E-state index contributed by atoms with van der Waals surface area (Å²) in [4.78, 5) is 12.4. The molecule has 0 saturated heterocycles. The van der Waals surface area contributed by atoms with Crippen molar-refractivity contribution in [1.82, 2.24) is 25.1 Å². The Hall–Kier alpha value is -2.01. The second-order valence-corrected chi connectivity index (χ2v) is 3.95. The standard InChI is InChI=1S/C11H8ClN5/c12-11-15-9(4-7-2-1-3-13-5-7)8-6-14-17-10(8)16-11/h1-3,5-6H,4H2,(H,14,15,16,17). The Morgan fingerprint density at radius 1 is 1.24 bits per heavy atom. The molecule has 3 heterocycles. The molecular weight excluding hydrogens is 238 g/mol. The second-order valence-electron chi connectivity index (χ2n) is 3.61. The first-order valence-electron chi connectivity index (χ1n) is 5.07. The maximum absolute atomic E-state index is 5.86. The summed E-state index contributed by atoms with van der Waals surface area (Å²) in [5, 5.41) is 7.84. The fraction of sp³-hybridized carbons (Fsp3) is 0.0909. The van der Waals surface area contributed by atoms with Gasteiger partial charge < -0.3 is 0 Å². The number of fused-ring (bicyclic) bond motifs is 1. The summed E-state index contributed by atoms with van der Waals surface area (Å²) in [5.74, 6) is 0. The van der Waals surface area contributed by atoms with Crippen LogP contribution >= 0.6 is 11.6 Å². The number of hydrogen-bond acceptors (Lipinski definition) is 4. The smallest absolute Gasteiger partial charge is 0.224 e. The van der Waals surface area contributed by atoms with E-state index in [0.717, 1.165) is 16.6 Å². The van der Waals surface area contributed by atoms with Crippen LogP contribution in [0.25, 0.3) is 11.0 Å². The maximum atomic E-state index is 5.86. The van der Waals surface area contributed by atoms with Gasteiger partial charge in [-0.2, -0.15) is 10.1 Å². The van der Waals surface area contributed by atoms with Gasteiger partial charge in [0.25, 0.3) is 0 Å². The number of rotatable bonds is 2. The zero-order chi connectivity index (χ0) is 11.7. The molecule has 0 unspecified atom stereocenters. The average Bonchev–Trinajstić information content (AvgIpc) is 2.78. The first kappa shape index (κ1) is 10.2. The molecule has 0 radical (unpaired) electrons. The quantitative estimate of drug-likeness (QED) is 0.701. The summed E-state index contributed by atoms with van der Waals surface area (Å²) in [7, 11) is 0. The molecule has 0 atom stereocenters. The zero-order valence-corrected chi connectivity index (χ0v) is 9.52. The predicted molar refractivity (Wildman–Crippen MR) is 63.7 cm³/mol. The van der Waals surface area contributed by atoms with Crippen molar-refractivity contribution in [2.45, 2.75) is 6.42 Å². The van der Waals surface area contributed by atoms with Crippen molar-refractivity contribution in [2.24, 2.45) is 0 Å². The van der Waals surface area contributed by atoms with Crippen molar-refractivity contribution in [1.29, 1.82) is 0 Å². The highest BCUT2D eigenvalue weighted by Gasteiger charge is 2.08. The lowest BCUT2D eigenvalue weighted by Crippen LogP contribution is -1.96. The largest absolute Gasteiger partial charge is 0.264 e. The third-order valence-electron chi connectivity index (χ3n) is 2.46. The average molecular weight is 246 g/mol. The van der Waals surface area contributed by atoms with Crippen LogP contribution < -0.4 is 0 Å². The van der Waals surface area contributed by atoms with Crippen LogP contribution in [0, 0.1) is 0 Å². The highest BCUT2D eigenvalue weighted by molar-refractivity contribution is 6.28. The van der Waals surface area contributed by atoms with Gasteiger partial charge in [-0.15, -0.1) is 0 Å². The van der Waals surface area contributed by atoms with E-state index in [4.69, 9.17) is 11.6 Å². The van der Waals surface area contributed by atoms with Crippen molar-refractivity contribution in [2.75, 3.05) is 0 Å². The number of nitrogens with one attached hydrogen (secondary N) is 1. The van der Waals surface area contributed by atoms with Crippen LogP contribution in [-0.4, -0.2) is 25.1 Å². The SMILES string of the molecule is Clc1nc(Cc2cccnc2)c2cn[nH]c2n1. The molecule has 1 N–H and O–H groups in total. The Morgan fingerprint density at radius 2 is 2.18 bits per heavy atom. The molecule has 0 saturated carbocycles. The van der Waals surface area contributed by atoms with Gasteiger partial charge in [0.1, 0.15) is 0 Å². The normalized spacial score (nSPS) is 10.9. The van der Waals surface area contributed by atoms with Crippen molar-refractivity contribution >= 4 is 22.6 Å². The van der Waals surface area contributed by atoms with Crippen LogP contribution in [-0.2, 0) is 6.42 Å². The lowest BCUT2D eigenvalue weighted by molar-refractivity contribution is 1.04. The molecule has 5 nitrogen and oxygen atoms in total. The van der Waals surface area contributed by atoms with Crippen LogP contribution in [0.3, 0.4) is 0 Å². The molecule has 0 aliphatic rings. The third kappa shape index (κ3) is 1.97. The molecule has 0 aromatic carbocycles. The molecule has 84 valence electrons. The number of aromatic amines is 1. The molecule has 0 spiro atoms. The Balaban J connectivity index is 2.08. The Morgan fingerprint density at radius 3 is 3.00 bits per heavy atom. The highest BCUT2D eigenvalue weighted by atomic mass is 35.5. The summed E-state index contributed by atoms with van der Waals surface area (Å²) in [6.07, 6.45) is 5.91. The molecule has 3 rings (SSSR count). The summed E-state index contributed by atoms with van der Waals surface area (Å²) < 4.78 is 0. The van der Waals surface area contributed by atoms with E-state index in [1.807, 2.05) is 18.3 Å². The van der Waals surface area contributed by atoms with Crippen LogP contribution in [0.1, 0.15) is 11.3 Å². The summed E-state index contributed by atoms with van der Waals surface area (Å²) in [6, 6.07) is 3.89. The van der Waals surface area contributed by atoms with E-state index >= 15 is 0 Å². The van der Waals surface area contributed by atoms with Gasteiger partial charge in [0.15, 0.2) is 5.65 Å². The second kappa shape index (κ2) is 4.10. The van der Waals surface area contributed by atoms with E-state index in [0.29, 0.717) is 12.1 Å². The van der Waals surface area contributed by atoms with E-state index in [-0.39, 0.29) is 5.28 Å². The summed E-state index contributed by atoms with van der Waals surface area (Å²) in [5.41, 5.74) is 2.58. The van der Waals surface area contributed by atoms with Crippen LogP contribution in [0.15, 0.2) is 30.7 Å². The van der Waals surface area contributed by atoms with E-state index in [1.54, 1.807) is 12.4 Å². The molecular formula is C11H8ClN5. The number of aromatic nitrogens is 5. The Bertz CT molecular complexity index is 649. The zero-order valence-electron chi connectivity index (χ0n) is 8.76. The topological polar surface area (TPSA) is 67.3 Å². The molecule has 0 aliphatic heterocycles. The third-order valence-corrected chi connectivity index (χ3v) is 2.62. The molecule has 0 bridgehead atoms. The highest BCUT2D eigenvalue weighted by Crippen LogP contribution is 2.18. The first-order valence-corrected chi connectivity index (χ1v) is 5.45. The van der Waals surface area contributed by atoms with Crippen molar-refractivity contribution < 1.29 is 0 Å². The maximum Gasteiger partial charge on any atom is 0.224 e. The molecule has 17 heavy (non-hydrogen) atoms. The van der Waals surface area contributed by atoms with Gasteiger partial charge in [0.2, 0.25) is 5.28 Å². The number of H-pyrrole nitrogens is 1. The Labute approximate surface area is 102 Å². The minimum absolute atomic E-state index is 0.223. The van der Waals surface area contributed by atoms with Gasteiger partial charge in [-0.25, -0.2) is 4.98 Å². The fourth-order valence-electron chi connectivity index (χ4n) is 1.70. The van der Waals surface area contributed by atoms with Gasteiger partial charge in [-0.05, 0) is 23.2 Å². The van der Waals surface area contributed by atoms with Gasteiger partial charge in [0.05, 0.1) is 17.3 Å². The number of pyridine rings is 1. The van der Waals surface area contributed by atoms with Crippen LogP contribution in [0.2, 0.25) is 5.28 Å². The van der Waals surface area contributed by atoms with Gasteiger partial charge in [-0.3, -0.25) is 10.1 Å². The van der Waals surface area contributed by atoms with Gasteiger partial charge in [-0.1, -0.05) is 6.07 Å². The molecule has 3 aromatic rings. The van der Waals surface area contributed by atoms with E-state index in [9.17, 15) is 0 Å². The summed E-state index contributed by atoms with van der Waals surface area (Å²) in [6.45, 7) is 0. The first-order chi connectivity index (χ1) is 8.33. The van der Waals surface area contributed by atoms with Crippen LogP contribution in [0.4, 0.5) is 0 Å². The monoisotopic (exact) mass is 245 g/mol. The fourth-order valence-corrected chi connectivity index (χ4v) is 1.88.